The van der Waals surface area contributed by atoms with E-state index in [2.05, 4.69) is 46.4 Å². The van der Waals surface area contributed by atoms with Crippen molar-refractivity contribution in [2.75, 3.05) is 38.0 Å². The summed E-state index contributed by atoms with van der Waals surface area (Å²) >= 11 is 0. The van der Waals surface area contributed by atoms with Crippen LogP contribution >= 0.6 is 0 Å². The SMILES string of the molecule is CCCCNc1ccc2ncc(-c3ccc(C(=O)NCCN(CC)CC)cc3)n2n1. The van der Waals surface area contributed by atoms with Crippen LogP contribution in [-0.2, 0) is 0 Å². The molecule has 0 aliphatic heterocycles. The van der Waals surface area contributed by atoms with Crippen LogP contribution in [0.4, 0.5) is 5.82 Å². The largest absolute Gasteiger partial charge is 0.369 e. The molecule has 0 radical (unpaired) electrons. The second-order valence-corrected chi connectivity index (χ2v) is 7.27. The maximum absolute atomic E-state index is 12.4. The van der Waals surface area contributed by atoms with Crippen LogP contribution in [0.2, 0.25) is 0 Å². The van der Waals surface area contributed by atoms with Crippen molar-refractivity contribution >= 4 is 17.4 Å². The number of imidazole rings is 1. The van der Waals surface area contributed by atoms with Crippen LogP contribution in [0.15, 0.2) is 42.6 Å². The number of anilines is 1. The molecule has 2 N–H and O–H groups in total. The molecule has 3 rings (SSSR count). The first-order valence-corrected chi connectivity index (χ1v) is 10.9. The molecule has 30 heavy (non-hydrogen) atoms. The van der Waals surface area contributed by atoms with Crippen molar-refractivity contribution in [1.29, 1.82) is 0 Å². The van der Waals surface area contributed by atoms with Crippen LogP contribution < -0.4 is 10.6 Å². The summed E-state index contributed by atoms with van der Waals surface area (Å²) in [5.74, 6) is 0.784. The minimum absolute atomic E-state index is 0.0487. The molecular weight excluding hydrogens is 376 g/mol. The topological polar surface area (TPSA) is 74.6 Å². The highest BCUT2D eigenvalue weighted by molar-refractivity contribution is 5.94. The first-order valence-electron chi connectivity index (χ1n) is 10.9. The lowest BCUT2D eigenvalue weighted by Gasteiger charge is -2.17. The second kappa shape index (κ2) is 10.7. The number of fused-ring (bicyclic) bond motifs is 1. The Kier molecular flexibility index (Phi) is 7.79. The molecular formula is C23H32N6O. The molecule has 2 aromatic heterocycles. The van der Waals surface area contributed by atoms with Crippen LogP contribution in [0, 0.1) is 0 Å². The summed E-state index contributed by atoms with van der Waals surface area (Å²) in [6.45, 7) is 10.8. The van der Waals surface area contributed by atoms with Crippen LogP contribution in [0.3, 0.4) is 0 Å². The number of nitrogens with one attached hydrogen (secondary N) is 2. The van der Waals surface area contributed by atoms with E-state index in [0.717, 1.165) is 61.7 Å². The molecule has 0 fully saturated rings. The Morgan fingerprint density at radius 3 is 2.50 bits per heavy atom. The van der Waals surface area contributed by atoms with Gasteiger partial charge in [-0.15, -0.1) is 5.10 Å². The first kappa shape index (κ1) is 21.8. The Bertz CT molecular complexity index is 946. The van der Waals surface area contributed by atoms with Crippen LogP contribution in [0.1, 0.15) is 44.0 Å². The zero-order valence-electron chi connectivity index (χ0n) is 18.2. The van der Waals surface area contributed by atoms with Crippen molar-refractivity contribution in [2.24, 2.45) is 0 Å². The molecule has 0 unspecified atom stereocenters. The molecule has 1 aromatic carbocycles. The molecule has 7 nitrogen and oxygen atoms in total. The van der Waals surface area contributed by atoms with Crippen molar-refractivity contribution in [3.05, 3.63) is 48.2 Å². The van der Waals surface area contributed by atoms with Gasteiger partial charge in [0, 0.05) is 30.8 Å². The zero-order chi connectivity index (χ0) is 21.3. The standard InChI is InChI=1S/C23H32N6O/c1-4-7-14-24-21-12-13-22-26-17-20(29(22)27-21)18-8-10-19(11-9-18)23(30)25-15-16-28(5-2)6-3/h8-13,17H,4-7,14-16H2,1-3H3,(H,24,27)(H,25,30). The fraction of sp³-hybridized carbons (Fsp3) is 0.435. The summed E-state index contributed by atoms with van der Waals surface area (Å²) in [4.78, 5) is 19.2. The highest BCUT2D eigenvalue weighted by atomic mass is 16.1. The monoisotopic (exact) mass is 408 g/mol. The normalized spacial score (nSPS) is 11.2. The van der Waals surface area contributed by atoms with Gasteiger partial charge in [-0.1, -0.05) is 39.3 Å². The molecule has 0 saturated heterocycles. The summed E-state index contributed by atoms with van der Waals surface area (Å²) in [6, 6.07) is 11.5. The van der Waals surface area contributed by atoms with Gasteiger partial charge in [-0.3, -0.25) is 4.79 Å². The van der Waals surface area contributed by atoms with Gasteiger partial charge in [0.2, 0.25) is 0 Å². The summed E-state index contributed by atoms with van der Waals surface area (Å²) in [5, 5.41) is 11.0. The fourth-order valence-corrected chi connectivity index (χ4v) is 3.32. The fourth-order valence-electron chi connectivity index (χ4n) is 3.32. The molecule has 1 amide bonds. The number of carbonyl (C=O) groups excluding carboxylic acids is 1. The maximum atomic E-state index is 12.4. The highest BCUT2D eigenvalue weighted by Crippen LogP contribution is 2.21. The van der Waals surface area contributed by atoms with Gasteiger partial charge >= 0.3 is 0 Å². The van der Waals surface area contributed by atoms with Crippen LogP contribution in [0.25, 0.3) is 16.9 Å². The van der Waals surface area contributed by atoms with E-state index in [1.165, 1.54) is 0 Å². The van der Waals surface area contributed by atoms with Gasteiger partial charge in [0.05, 0.1) is 11.9 Å². The average molecular weight is 409 g/mol. The Morgan fingerprint density at radius 2 is 1.80 bits per heavy atom. The van der Waals surface area contributed by atoms with E-state index in [-0.39, 0.29) is 5.91 Å². The van der Waals surface area contributed by atoms with E-state index >= 15 is 0 Å². The third kappa shape index (κ3) is 5.36. The van der Waals surface area contributed by atoms with Crippen molar-refractivity contribution in [2.45, 2.75) is 33.6 Å². The number of amides is 1. The number of hydrogen-bond acceptors (Lipinski definition) is 5. The van der Waals surface area contributed by atoms with Crippen molar-refractivity contribution in [3.63, 3.8) is 0 Å². The lowest BCUT2D eigenvalue weighted by molar-refractivity contribution is 0.0949. The quantitative estimate of drug-likeness (QED) is 0.474. The van der Waals surface area contributed by atoms with E-state index in [4.69, 9.17) is 0 Å². The summed E-state index contributed by atoms with van der Waals surface area (Å²) in [6.07, 6.45) is 4.06. The van der Waals surface area contributed by atoms with E-state index in [1.807, 2.05) is 47.1 Å². The number of rotatable bonds is 11. The highest BCUT2D eigenvalue weighted by Gasteiger charge is 2.10. The minimum atomic E-state index is -0.0487. The van der Waals surface area contributed by atoms with E-state index in [9.17, 15) is 4.79 Å². The van der Waals surface area contributed by atoms with E-state index in [0.29, 0.717) is 12.1 Å². The van der Waals surface area contributed by atoms with Gasteiger partial charge in [-0.2, -0.15) is 0 Å². The minimum Gasteiger partial charge on any atom is -0.369 e. The van der Waals surface area contributed by atoms with Gasteiger partial charge in [-0.25, -0.2) is 9.50 Å². The molecule has 0 atom stereocenters. The smallest absolute Gasteiger partial charge is 0.251 e. The second-order valence-electron chi connectivity index (χ2n) is 7.27. The van der Waals surface area contributed by atoms with Gasteiger partial charge in [0.1, 0.15) is 5.82 Å². The predicted octanol–water partition coefficient (Wildman–Crippen LogP) is 3.68. The number of hydrogen-bond donors (Lipinski definition) is 2. The van der Waals surface area contributed by atoms with Crippen molar-refractivity contribution in [1.82, 2.24) is 24.8 Å². The number of likely N-dealkylation sites (N-methyl/N-ethyl adjacent to an activating group) is 1. The number of carbonyl (C=O) groups is 1. The van der Waals surface area contributed by atoms with Gasteiger partial charge in [-0.05, 0) is 43.8 Å². The first-order chi connectivity index (χ1) is 14.7. The number of aromatic nitrogens is 3. The molecule has 0 bridgehead atoms. The molecule has 2 heterocycles. The van der Waals surface area contributed by atoms with Crippen molar-refractivity contribution in [3.8, 4) is 11.3 Å². The number of benzene rings is 1. The lowest BCUT2D eigenvalue weighted by Crippen LogP contribution is -2.34. The third-order valence-electron chi connectivity index (χ3n) is 5.25. The number of nitrogens with zero attached hydrogens (tertiary/aromatic N) is 4. The number of unbranched alkanes of at least 4 members (excludes halogenated alkanes) is 1. The summed E-state index contributed by atoms with van der Waals surface area (Å²) in [5.41, 5.74) is 3.32. The molecule has 160 valence electrons. The van der Waals surface area contributed by atoms with Crippen LogP contribution in [0.5, 0.6) is 0 Å². The zero-order valence-corrected chi connectivity index (χ0v) is 18.2. The molecule has 0 saturated carbocycles. The Labute approximate surface area is 178 Å². The molecule has 0 spiro atoms. The molecule has 0 aliphatic rings. The van der Waals surface area contributed by atoms with Gasteiger partial charge < -0.3 is 15.5 Å². The van der Waals surface area contributed by atoms with Gasteiger partial charge in [0.25, 0.3) is 5.91 Å². The Morgan fingerprint density at radius 1 is 1.03 bits per heavy atom. The summed E-state index contributed by atoms with van der Waals surface area (Å²) < 4.78 is 1.84. The van der Waals surface area contributed by atoms with Crippen LogP contribution in [-0.4, -0.2) is 58.1 Å². The molecule has 3 aromatic rings. The predicted molar refractivity (Wildman–Crippen MR) is 122 cm³/mol. The Balaban J connectivity index is 1.68. The average Bonchev–Trinajstić information content (AvgIpc) is 3.20. The molecule has 0 aliphatic carbocycles. The summed E-state index contributed by atoms with van der Waals surface area (Å²) in [7, 11) is 0. The maximum Gasteiger partial charge on any atom is 0.251 e. The lowest BCUT2D eigenvalue weighted by atomic mass is 10.1. The van der Waals surface area contributed by atoms with Gasteiger partial charge in [0.15, 0.2) is 5.65 Å². The Hall–Kier alpha value is -2.93. The third-order valence-corrected chi connectivity index (χ3v) is 5.25. The molecule has 7 heteroatoms. The van der Waals surface area contributed by atoms with E-state index < -0.39 is 0 Å². The van der Waals surface area contributed by atoms with Crippen molar-refractivity contribution < 1.29 is 4.79 Å². The van der Waals surface area contributed by atoms with E-state index in [1.54, 1.807) is 0 Å².